The van der Waals surface area contributed by atoms with Crippen molar-refractivity contribution in [3.63, 3.8) is 0 Å². The highest BCUT2D eigenvalue weighted by molar-refractivity contribution is 5.86. The molecule has 0 atom stereocenters. The number of fused-ring (bicyclic) bond motifs is 2. The van der Waals surface area contributed by atoms with Crippen molar-refractivity contribution in [3.8, 4) is 34.3 Å². The molecule has 6 nitrogen and oxygen atoms in total. The fraction of sp³-hybridized carbons (Fsp3) is 0. The van der Waals surface area contributed by atoms with Gasteiger partial charge in [-0.25, -0.2) is 19.9 Å². The van der Waals surface area contributed by atoms with E-state index in [1.807, 2.05) is 36.4 Å². The van der Waals surface area contributed by atoms with Gasteiger partial charge in [0.05, 0.1) is 12.4 Å². The van der Waals surface area contributed by atoms with Gasteiger partial charge in [-0.3, -0.25) is 0 Å². The minimum absolute atomic E-state index is 0.447. The van der Waals surface area contributed by atoms with Gasteiger partial charge in [0.1, 0.15) is 22.4 Å². The molecule has 0 saturated heterocycles. The zero-order valence-electron chi connectivity index (χ0n) is 12.2. The molecule has 0 spiro atoms. The molecular weight excluding hydrogens is 304 g/mol. The first-order valence-corrected chi connectivity index (χ1v) is 7.48. The average molecular weight is 312 g/mol. The lowest BCUT2D eigenvalue weighted by molar-refractivity contribution is 0.611. The van der Waals surface area contributed by atoms with Gasteiger partial charge in [0.25, 0.3) is 0 Å². The maximum atomic E-state index is 5.87. The van der Waals surface area contributed by atoms with Crippen LogP contribution in [0, 0.1) is 0 Å². The van der Waals surface area contributed by atoms with Crippen molar-refractivity contribution >= 4 is 22.2 Å². The minimum atomic E-state index is 0.447. The third-order valence-electron chi connectivity index (χ3n) is 4.20. The summed E-state index contributed by atoms with van der Waals surface area (Å²) in [5.41, 5.74) is 6.21. The van der Waals surface area contributed by atoms with E-state index >= 15 is 0 Å². The highest BCUT2D eigenvalue weighted by Crippen LogP contribution is 2.32. The van der Waals surface area contributed by atoms with Gasteiger partial charge < -0.3 is 8.83 Å². The quantitative estimate of drug-likeness (QED) is 0.420. The first kappa shape index (κ1) is 12.0. The number of rotatable bonds is 0. The molecule has 0 N–H and O–H groups in total. The van der Waals surface area contributed by atoms with Crippen molar-refractivity contribution in [2.45, 2.75) is 0 Å². The highest BCUT2D eigenvalue weighted by atomic mass is 16.4. The van der Waals surface area contributed by atoms with Crippen LogP contribution in [0.4, 0.5) is 0 Å². The summed E-state index contributed by atoms with van der Waals surface area (Å²) in [6.45, 7) is 0. The number of benzene rings is 2. The summed E-state index contributed by atoms with van der Waals surface area (Å²) in [6.07, 6.45) is 3.24. The number of aromatic nitrogens is 4. The maximum absolute atomic E-state index is 5.87. The van der Waals surface area contributed by atoms with Crippen LogP contribution in [0.5, 0.6) is 0 Å². The lowest BCUT2D eigenvalue weighted by Crippen LogP contribution is -1.89. The predicted molar refractivity (Wildman–Crippen MR) is 87.0 cm³/mol. The van der Waals surface area contributed by atoms with E-state index in [-0.39, 0.29) is 0 Å². The summed E-state index contributed by atoms with van der Waals surface area (Å²) in [5, 5.41) is 0. The second kappa shape index (κ2) is 4.05. The molecule has 2 aliphatic rings. The number of hydrogen-bond donors (Lipinski definition) is 0. The summed E-state index contributed by atoms with van der Waals surface area (Å²) in [4.78, 5) is 17.7. The lowest BCUT2D eigenvalue weighted by Gasteiger charge is -2.00. The number of hydrogen-bond acceptors (Lipinski definition) is 6. The number of oxazole rings is 2. The van der Waals surface area contributed by atoms with Gasteiger partial charge in [-0.1, -0.05) is 12.1 Å². The molecule has 7 rings (SSSR count). The van der Waals surface area contributed by atoms with E-state index in [1.165, 1.54) is 0 Å². The zero-order chi connectivity index (χ0) is 15.7. The molecule has 2 aromatic carbocycles. The largest absolute Gasteiger partial charge is 0.435 e. The third kappa shape index (κ3) is 1.54. The van der Waals surface area contributed by atoms with Crippen molar-refractivity contribution < 1.29 is 8.83 Å². The van der Waals surface area contributed by atoms with Crippen LogP contribution in [0.25, 0.3) is 56.5 Å². The van der Waals surface area contributed by atoms with E-state index in [0.717, 1.165) is 22.2 Å². The monoisotopic (exact) mass is 312 g/mol. The van der Waals surface area contributed by atoms with Crippen LogP contribution in [0.3, 0.4) is 0 Å². The topological polar surface area (TPSA) is 77.8 Å². The van der Waals surface area contributed by atoms with Gasteiger partial charge in [-0.2, -0.15) is 0 Å². The van der Waals surface area contributed by atoms with Crippen LogP contribution in [-0.2, 0) is 0 Å². The smallest absolute Gasteiger partial charge is 0.247 e. The summed E-state index contributed by atoms with van der Waals surface area (Å²) >= 11 is 0. The maximum Gasteiger partial charge on any atom is 0.247 e. The van der Waals surface area contributed by atoms with E-state index < -0.39 is 0 Å². The van der Waals surface area contributed by atoms with Gasteiger partial charge >= 0.3 is 0 Å². The predicted octanol–water partition coefficient (Wildman–Crippen LogP) is 4.07. The van der Waals surface area contributed by atoms with Crippen molar-refractivity contribution in [1.29, 1.82) is 0 Å². The van der Waals surface area contributed by atoms with Crippen LogP contribution in [0.2, 0.25) is 0 Å². The first-order chi connectivity index (χ1) is 11.8. The Kier molecular flexibility index (Phi) is 2.02. The summed E-state index contributed by atoms with van der Waals surface area (Å²) in [5.74, 6) is 0.894. The zero-order valence-corrected chi connectivity index (χ0v) is 12.2. The molecule has 0 aliphatic carbocycles. The van der Waals surface area contributed by atoms with Crippen LogP contribution in [0.15, 0.2) is 57.6 Å². The Balaban J connectivity index is 1.79. The van der Waals surface area contributed by atoms with Crippen LogP contribution in [-0.4, -0.2) is 19.9 Å². The van der Waals surface area contributed by atoms with Crippen molar-refractivity contribution in [2.24, 2.45) is 0 Å². The molecule has 5 aromatic rings. The van der Waals surface area contributed by atoms with E-state index in [9.17, 15) is 0 Å². The standard InChI is InChI=1S/C18H8N4O2/c1-3-11-15-5-9(1)10-2-4-12-16(6-10)24-18(22-12)14-8-19-13(7-20-14)17(21-11)23-15/h1-8H. The molecule has 0 radical (unpaired) electrons. The second-order valence-electron chi connectivity index (χ2n) is 5.69. The lowest BCUT2D eigenvalue weighted by atomic mass is 10.1. The van der Waals surface area contributed by atoms with Crippen LogP contribution >= 0.6 is 0 Å². The fourth-order valence-corrected chi connectivity index (χ4v) is 2.98. The van der Waals surface area contributed by atoms with E-state index in [0.29, 0.717) is 34.3 Å². The summed E-state index contributed by atoms with van der Waals surface area (Å²) in [7, 11) is 0. The molecule has 2 aliphatic heterocycles. The summed E-state index contributed by atoms with van der Waals surface area (Å²) in [6, 6.07) is 11.8. The molecule has 8 bridgehead atoms. The Morgan fingerprint density at radius 1 is 0.625 bits per heavy atom. The fourth-order valence-electron chi connectivity index (χ4n) is 2.98. The first-order valence-electron chi connectivity index (χ1n) is 7.48. The molecular formula is C18H8N4O2. The van der Waals surface area contributed by atoms with Gasteiger partial charge in [0, 0.05) is 0 Å². The van der Waals surface area contributed by atoms with Gasteiger partial charge in [-0.15, -0.1) is 0 Å². The minimum Gasteiger partial charge on any atom is -0.435 e. The third-order valence-corrected chi connectivity index (χ3v) is 4.20. The molecule has 5 heterocycles. The molecule has 112 valence electrons. The molecule has 0 unspecified atom stereocenters. The molecule has 6 heteroatoms. The Morgan fingerprint density at radius 2 is 1.12 bits per heavy atom. The van der Waals surface area contributed by atoms with Crippen molar-refractivity contribution in [3.05, 3.63) is 48.8 Å². The van der Waals surface area contributed by atoms with Gasteiger partial charge in [0.15, 0.2) is 11.2 Å². The average Bonchev–Trinajstić information content (AvgIpc) is 3.23. The van der Waals surface area contributed by atoms with E-state index in [2.05, 4.69) is 19.9 Å². The molecule has 0 fully saturated rings. The summed E-state index contributed by atoms with van der Waals surface area (Å²) < 4.78 is 11.7. The highest BCUT2D eigenvalue weighted by Gasteiger charge is 2.16. The SMILES string of the molecule is c1cc2nc3oc2cc1-c1ccc2nc(oc2c1)-c1cnc-3cn1. The van der Waals surface area contributed by atoms with Crippen LogP contribution < -0.4 is 0 Å². The van der Waals surface area contributed by atoms with E-state index in [1.54, 1.807) is 12.4 Å². The van der Waals surface area contributed by atoms with Crippen molar-refractivity contribution in [1.82, 2.24) is 19.9 Å². The second-order valence-corrected chi connectivity index (χ2v) is 5.69. The molecule has 3 aromatic heterocycles. The Bertz CT molecular complexity index is 1150. The van der Waals surface area contributed by atoms with Gasteiger partial charge in [0.2, 0.25) is 11.8 Å². The number of nitrogens with zero attached hydrogens (tertiary/aromatic N) is 4. The Labute approximate surface area is 134 Å². The van der Waals surface area contributed by atoms with Crippen LogP contribution in [0.1, 0.15) is 0 Å². The van der Waals surface area contributed by atoms with E-state index in [4.69, 9.17) is 8.83 Å². The van der Waals surface area contributed by atoms with Gasteiger partial charge in [-0.05, 0) is 35.4 Å². The Morgan fingerprint density at radius 3 is 1.58 bits per heavy atom. The Hall–Kier alpha value is -3.54. The molecule has 24 heavy (non-hydrogen) atoms. The molecule has 0 amide bonds. The normalized spacial score (nSPS) is 12.2. The molecule has 0 saturated carbocycles. The van der Waals surface area contributed by atoms with Crippen molar-refractivity contribution in [2.75, 3.05) is 0 Å².